The molecule has 6 fully saturated rings. The number of hydrogen-bond donors (Lipinski definition) is 5. The molecule has 2 saturated carbocycles. The summed E-state index contributed by atoms with van der Waals surface area (Å²) in [4.78, 5) is 121. The van der Waals surface area contributed by atoms with E-state index in [1.807, 2.05) is 58.0 Å². The van der Waals surface area contributed by atoms with Crippen LogP contribution in [-0.4, -0.2) is 223 Å². The van der Waals surface area contributed by atoms with Crippen LogP contribution in [-0.2, 0) is 79.5 Å². The van der Waals surface area contributed by atoms with E-state index in [9.17, 15) is 48.6 Å². The zero-order valence-electron chi connectivity index (χ0n) is 64.7. The number of aliphatic hydroxyl groups is 2. The molecule has 7 heterocycles. The zero-order valence-corrected chi connectivity index (χ0v) is 67.7. The number of pyridine rings is 1. The molecule has 27 nitrogen and oxygen atoms in total. The number of carbonyl (C=O) groups is 8. The summed E-state index contributed by atoms with van der Waals surface area (Å²) >= 11 is 17.8. The second kappa shape index (κ2) is 34.5. The number of nitrogens with one attached hydrogen (secondary N) is 2. The number of likely N-dealkylation sites (N-methyl/N-ethyl adjacent to an activating group) is 2. The van der Waals surface area contributed by atoms with Gasteiger partial charge < -0.3 is 77.2 Å². The lowest BCUT2D eigenvalue weighted by Crippen LogP contribution is -2.79. The fourth-order valence-electron chi connectivity index (χ4n) is 16.1. The number of fused-ring (bicyclic) bond motifs is 8. The predicted octanol–water partition coefficient (Wildman–Crippen LogP) is 10.1. The lowest BCUT2D eigenvalue weighted by Gasteiger charge is -2.58. The molecule has 4 N–H and O–H groups in total. The molecular weight excluding hydrogens is 1510 g/mol. The van der Waals surface area contributed by atoms with Gasteiger partial charge in [0.25, 0.3) is 0 Å². The maximum atomic E-state index is 14.8. The van der Waals surface area contributed by atoms with Crippen LogP contribution < -0.4 is 29.9 Å². The molecule has 1 aromatic heterocycles. The van der Waals surface area contributed by atoms with Gasteiger partial charge in [0.05, 0.1) is 62.5 Å². The molecule has 6 amide bonds. The molecule has 2 unspecified atom stereocenters. The van der Waals surface area contributed by atoms with Crippen molar-refractivity contribution in [1.82, 2.24) is 25.4 Å². The molecule has 8 aliphatic rings. The Labute approximate surface area is 662 Å². The maximum absolute atomic E-state index is 14.8. The minimum absolute atomic E-state index is 0. The van der Waals surface area contributed by atoms with Crippen molar-refractivity contribution in [3.05, 3.63) is 117 Å². The number of aromatic nitrogens is 1. The third kappa shape index (κ3) is 16.5. The Morgan fingerprint density at radius 1 is 0.706 bits per heavy atom. The number of allylic oxidation sites excluding steroid dienone is 6. The molecular formula is C77H103Cl2N7O20S3. The van der Waals surface area contributed by atoms with Crippen LogP contribution in [0.15, 0.2) is 101 Å². The number of rotatable bonds is 17. The van der Waals surface area contributed by atoms with Gasteiger partial charge in [0, 0.05) is 80.4 Å². The van der Waals surface area contributed by atoms with E-state index >= 15 is 0 Å². The van der Waals surface area contributed by atoms with E-state index in [1.165, 1.54) is 112 Å². The number of thiol groups is 1. The molecule has 4 bridgehead atoms. The fourth-order valence-corrected chi connectivity index (χ4v) is 18.7. The summed E-state index contributed by atoms with van der Waals surface area (Å²) in [6, 6.07) is 10.5. The average molecular weight is 1610 g/mol. The number of carbonyl (C=O) groups excluding carboxylic acids is 8. The first-order chi connectivity index (χ1) is 51.5. The molecule has 2 aliphatic carbocycles. The number of halogens is 2. The summed E-state index contributed by atoms with van der Waals surface area (Å²) in [5.74, 6) is -5.75. The molecule has 6 aliphatic heterocycles. The first kappa shape index (κ1) is 85.9. The second-order valence-electron chi connectivity index (χ2n) is 28.9. The smallest absolute Gasteiger partial charge is 0.409 e. The normalized spacial score (nSPS) is 33.5. The summed E-state index contributed by atoms with van der Waals surface area (Å²) in [6.45, 7) is 13.9. The highest BCUT2D eigenvalue weighted by Crippen LogP contribution is 2.66. The van der Waals surface area contributed by atoms with Gasteiger partial charge in [0.1, 0.15) is 74.3 Å². The first-order valence-corrected chi connectivity index (χ1v) is 38.8. The van der Waals surface area contributed by atoms with E-state index in [0.717, 1.165) is 27.3 Å². The number of benzene rings is 2. The molecule has 0 radical (unpaired) electrons. The zero-order chi connectivity index (χ0) is 80.4. The van der Waals surface area contributed by atoms with Crippen LogP contribution in [0.3, 0.4) is 0 Å². The Morgan fingerprint density at radius 3 is 1.50 bits per heavy atom. The van der Waals surface area contributed by atoms with Crippen molar-refractivity contribution >= 4 is 117 Å². The first-order valence-electron chi connectivity index (χ1n) is 36.1. The van der Waals surface area contributed by atoms with E-state index in [2.05, 4.69) is 28.2 Å². The minimum atomic E-state index is -2.31. The quantitative estimate of drug-likeness (QED) is 0.0209. The van der Waals surface area contributed by atoms with Crippen LogP contribution >= 0.6 is 57.4 Å². The van der Waals surface area contributed by atoms with Crippen molar-refractivity contribution in [2.24, 2.45) is 23.7 Å². The Kier molecular flexibility index (Phi) is 27.2. The van der Waals surface area contributed by atoms with Gasteiger partial charge in [-0.05, 0) is 118 Å². The lowest BCUT2D eigenvalue weighted by atomic mass is 9.57. The predicted molar refractivity (Wildman–Crippen MR) is 417 cm³/mol. The van der Waals surface area contributed by atoms with E-state index in [-0.39, 0.29) is 47.9 Å². The second-order valence-corrected chi connectivity index (χ2v) is 32.5. The van der Waals surface area contributed by atoms with E-state index in [4.69, 9.17) is 71.9 Å². The van der Waals surface area contributed by atoms with Crippen LogP contribution in [0.25, 0.3) is 0 Å². The third-order valence-corrected chi connectivity index (χ3v) is 25.6. The highest BCUT2D eigenvalue weighted by Gasteiger charge is 2.85. The van der Waals surface area contributed by atoms with Crippen molar-refractivity contribution in [3.8, 4) is 11.5 Å². The largest absolute Gasteiger partial charge is 0.495 e. The molecule has 11 rings (SSSR count). The van der Waals surface area contributed by atoms with Crippen LogP contribution in [0, 0.1) is 23.7 Å². The molecule has 0 spiro atoms. The van der Waals surface area contributed by atoms with Crippen molar-refractivity contribution in [2.45, 2.75) is 196 Å². The molecule has 32 heteroatoms. The third-order valence-electron chi connectivity index (χ3n) is 22.4. The van der Waals surface area contributed by atoms with Crippen molar-refractivity contribution in [3.63, 3.8) is 0 Å². The summed E-state index contributed by atoms with van der Waals surface area (Å²) in [5, 5.41) is 32.1. The van der Waals surface area contributed by atoms with E-state index in [0.29, 0.717) is 41.5 Å². The topological polar surface area (TPSA) is 326 Å². The Balaban J connectivity index is 0.000000270. The Morgan fingerprint density at radius 2 is 1.12 bits per heavy atom. The number of hydrogen-bond acceptors (Lipinski definition) is 24. The number of alkyl carbamates (subject to hydrolysis) is 2. The molecule has 3 aromatic rings. The highest BCUT2D eigenvalue weighted by atomic mass is 35.5. The standard InChI is InChI=1S/C40H49ClN4O10S2.C35H46ClN3O10S.2CH4/c1-22-12-11-13-28(52-8)40(50)34-33(53-37(49)43-40)23(2)35-38(4,54-35)39(34,21-31(47)45(6)26-19-25(18-22)20-27(51-7)32(26)41)55-36(48)24(3)44(5)30(46)15-17-56-57-29-14-9-10-16-42-29;1-18-10-9-11-24(46-8)35(44)29-28(47-32(43)37-35)19(2)30-33(4,48-30)34(29,49-31(42)20(3)38(5)25(40)12-13-50)17-26(41)39(6)22-15-21(14-18)16-23(45-7)27(22)36;;/h9-14,16,19-20,23-24,28,33-35,50H,15,17-18,21H2,1-8H3,(H,43,49);9-11,15-16,19-20,24,28-30,44,50H,12-14,17H2,1-8H3,(H,37,43);2*1H4/b13-11+,22-12+;11-9+,18-10+;;/t23-,24+,28-,33-,34?,35+,38-,39-,40-;19-,20+,24-,28-,29?,30+,33-,34-,35-;;/m11../s1/i;;1D;. The SMILES string of the molecule is C.COc1cc2cc(c1Cl)N(C)C(=O)C[C@@]1(OC(=O)[C@H](C)N(C)C(=O)CCS)C3[C@H](OC(=O)N[C@@]3(O)[C@H](OC)/C=C/C=C(\C)C2)[C@@H](C)[C@@H]2O[C@]21C.COc1cc2cc(c1Cl)N(C)C(=O)C[C@@]1(OC(=O)[C@H](C)N(C)C(=O)CCSSc3ccccn3)C3[C@H](OC(=O)N[C@@]3(O)[C@H](OC)/C=C/C=C(\C)C2)[C@@H](C)[C@@H]2O[C@]21C.[2H]C. The van der Waals surface area contributed by atoms with Gasteiger partial charge >= 0.3 is 24.1 Å². The van der Waals surface area contributed by atoms with Gasteiger partial charge in [-0.25, -0.2) is 24.2 Å². The van der Waals surface area contributed by atoms with Crippen molar-refractivity contribution in [2.75, 3.05) is 77.9 Å². The number of methoxy groups -OCH3 is 4. The summed E-state index contributed by atoms with van der Waals surface area (Å²) in [5.41, 5.74) is -7.24. The van der Waals surface area contributed by atoms with Crippen LogP contribution in [0.2, 0.25) is 10.0 Å². The molecule has 598 valence electrons. The summed E-state index contributed by atoms with van der Waals surface area (Å²) in [6.07, 6.45) is 4.16. The van der Waals surface area contributed by atoms with E-state index < -0.39 is 155 Å². The summed E-state index contributed by atoms with van der Waals surface area (Å²) < 4.78 is 66.3. The molecule has 4 saturated heterocycles. The fraction of sp³-hybridized carbons (Fsp3) is 0.571. The van der Waals surface area contributed by atoms with Crippen LogP contribution in [0.1, 0.15) is 108 Å². The number of amides is 6. The van der Waals surface area contributed by atoms with Crippen molar-refractivity contribution in [1.29, 1.82) is 0 Å². The van der Waals surface area contributed by atoms with Gasteiger partial charge in [-0.3, -0.25) is 29.8 Å². The number of nitrogens with zero attached hydrogens (tertiary/aromatic N) is 5. The lowest BCUT2D eigenvalue weighted by molar-refractivity contribution is -0.266. The molecule has 18 atom stereocenters. The molecule has 2 aromatic carbocycles. The minimum Gasteiger partial charge on any atom is -0.495 e. The maximum Gasteiger partial charge on any atom is 0.409 e. The Hall–Kier alpha value is -7.10. The molecule has 109 heavy (non-hydrogen) atoms. The van der Waals surface area contributed by atoms with Gasteiger partial charge in [-0.1, -0.05) is 116 Å². The monoisotopic (exact) mass is 1610 g/mol. The van der Waals surface area contributed by atoms with Gasteiger partial charge in [-0.15, -0.1) is 0 Å². The Bertz CT molecular complexity index is 4090. The summed E-state index contributed by atoms with van der Waals surface area (Å²) in [7, 11) is 15.9. The average Bonchev–Trinajstić information content (AvgIpc) is 1.50. The van der Waals surface area contributed by atoms with Gasteiger partial charge in [0.15, 0.2) is 22.7 Å². The van der Waals surface area contributed by atoms with Crippen LogP contribution in [0.5, 0.6) is 11.5 Å². The number of anilines is 2. The van der Waals surface area contributed by atoms with E-state index in [1.54, 1.807) is 75.7 Å². The van der Waals surface area contributed by atoms with Crippen molar-refractivity contribution < 1.29 is 97.3 Å². The van der Waals surface area contributed by atoms with Crippen LogP contribution in [0.4, 0.5) is 21.0 Å². The highest BCUT2D eigenvalue weighted by molar-refractivity contribution is 8.76. The van der Waals surface area contributed by atoms with Gasteiger partial charge in [0.2, 0.25) is 23.6 Å². The number of ether oxygens (including phenoxy) is 10. The number of esters is 2. The van der Waals surface area contributed by atoms with Gasteiger partial charge in [-0.2, -0.15) is 12.6 Å². The number of epoxide rings is 2.